The summed E-state index contributed by atoms with van der Waals surface area (Å²) in [5, 5.41) is 6.46. The van der Waals surface area contributed by atoms with Crippen molar-refractivity contribution in [1.29, 1.82) is 0 Å². The van der Waals surface area contributed by atoms with Gasteiger partial charge >= 0.3 is 6.61 Å². The summed E-state index contributed by atoms with van der Waals surface area (Å²) >= 11 is 0. The Hall–Kier alpha value is -1.60. The van der Waals surface area contributed by atoms with E-state index in [1.54, 1.807) is 20.2 Å². The Balaban J connectivity index is 0.00000320. The van der Waals surface area contributed by atoms with Crippen LogP contribution in [0.25, 0.3) is 0 Å². The average Bonchev–Trinajstić information content (AvgIpc) is 3.34. The Morgan fingerprint density at radius 2 is 2.07 bits per heavy atom. The molecule has 3 rings (SSSR count). The van der Waals surface area contributed by atoms with E-state index in [0.29, 0.717) is 35.7 Å². The fourth-order valence-electron chi connectivity index (χ4n) is 3.55. The lowest BCUT2D eigenvalue weighted by molar-refractivity contribution is -0.0505. The van der Waals surface area contributed by atoms with Gasteiger partial charge in [-0.15, -0.1) is 24.0 Å². The number of halogens is 3. The molecule has 0 bridgehead atoms. The maximum Gasteiger partial charge on any atom is 0.387 e. The number of benzene rings is 1. The fourth-order valence-corrected chi connectivity index (χ4v) is 3.55. The van der Waals surface area contributed by atoms with Crippen molar-refractivity contribution in [3.8, 4) is 17.2 Å². The molecule has 8 nitrogen and oxygen atoms in total. The van der Waals surface area contributed by atoms with E-state index < -0.39 is 6.61 Å². The number of likely N-dealkylation sites (tertiary alicyclic amines) is 1. The van der Waals surface area contributed by atoms with Crippen molar-refractivity contribution in [1.82, 2.24) is 15.5 Å². The smallest absolute Gasteiger partial charge is 0.387 e. The maximum absolute atomic E-state index is 12.8. The summed E-state index contributed by atoms with van der Waals surface area (Å²) in [6, 6.07) is 3.48. The van der Waals surface area contributed by atoms with Gasteiger partial charge in [0.15, 0.2) is 17.5 Å². The molecule has 0 saturated carbocycles. The van der Waals surface area contributed by atoms with E-state index in [1.165, 1.54) is 6.07 Å². The first-order valence-electron chi connectivity index (χ1n) is 9.65. The third-order valence-electron chi connectivity index (χ3n) is 5.03. The van der Waals surface area contributed by atoms with E-state index in [4.69, 9.17) is 14.2 Å². The van der Waals surface area contributed by atoms with Crippen LogP contribution >= 0.6 is 24.0 Å². The molecule has 2 heterocycles. The zero-order chi connectivity index (χ0) is 20.6. The number of ether oxygens (including phenoxy) is 4. The van der Waals surface area contributed by atoms with Crippen LogP contribution in [0.4, 0.5) is 8.78 Å². The van der Waals surface area contributed by atoms with Gasteiger partial charge in [-0.1, -0.05) is 0 Å². The topological polar surface area (TPSA) is 76.6 Å². The molecule has 1 fully saturated rings. The standard InChI is InChI=1S/C19H28F2N4O4.HI/c1-22-19(24-11-14-4-3-5-25(14)6-7-26-2)23-10-13-8-16-17(28-12-27-16)9-15(13)29-18(20)21;/h8-9,14,18H,3-7,10-12H2,1-2H3,(H2,22,23,24);1H. The lowest BCUT2D eigenvalue weighted by Gasteiger charge is -2.25. The Kier molecular flexibility index (Phi) is 10.1. The summed E-state index contributed by atoms with van der Waals surface area (Å²) < 4.78 is 45.9. The minimum absolute atomic E-state index is 0. The summed E-state index contributed by atoms with van der Waals surface area (Å²) in [4.78, 5) is 6.62. The molecule has 170 valence electrons. The summed E-state index contributed by atoms with van der Waals surface area (Å²) in [7, 11) is 3.38. The molecule has 1 atom stereocenters. The van der Waals surface area contributed by atoms with E-state index in [0.717, 1.165) is 32.5 Å². The van der Waals surface area contributed by atoms with Gasteiger partial charge in [-0.05, 0) is 25.5 Å². The van der Waals surface area contributed by atoms with Crippen molar-refractivity contribution >= 4 is 29.9 Å². The first-order valence-corrected chi connectivity index (χ1v) is 9.65. The van der Waals surface area contributed by atoms with Gasteiger partial charge in [0.2, 0.25) is 6.79 Å². The largest absolute Gasteiger partial charge is 0.454 e. The Morgan fingerprint density at radius 1 is 1.30 bits per heavy atom. The van der Waals surface area contributed by atoms with Gasteiger partial charge in [-0.3, -0.25) is 9.89 Å². The zero-order valence-corrected chi connectivity index (χ0v) is 19.5. The van der Waals surface area contributed by atoms with E-state index >= 15 is 0 Å². The second kappa shape index (κ2) is 12.3. The average molecular weight is 542 g/mol. The number of aliphatic imine (C=N–C) groups is 1. The van der Waals surface area contributed by atoms with E-state index in [-0.39, 0.29) is 43.1 Å². The van der Waals surface area contributed by atoms with Crippen LogP contribution in [0.2, 0.25) is 0 Å². The molecule has 1 saturated heterocycles. The van der Waals surface area contributed by atoms with Crippen LogP contribution in [0.15, 0.2) is 17.1 Å². The fraction of sp³-hybridized carbons (Fsp3) is 0.632. The van der Waals surface area contributed by atoms with Crippen molar-refractivity contribution < 1.29 is 27.7 Å². The maximum atomic E-state index is 12.8. The number of nitrogens with zero attached hydrogens (tertiary/aromatic N) is 2. The molecule has 2 N–H and O–H groups in total. The molecule has 0 radical (unpaired) electrons. The monoisotopic (exact) mass is 542 g/mol. The molecule has 11 heteroatoms. The highest BCUT2D eigenvalue weighted by atomic mass is 127. The molecule has 1 aromatic carbocycles. The third kappa shape index (κ3) is 6.71. The summed E-state index contributed by atoms with van der Waals surface area (Å²) in [6.07, 6.45) is 2.27. The van der Waals surface area contributed by atoms with Crippen LogP contribution in [-0.2, 0) is 11.3 Å². The van der Waals surface area contributed by atoms with Crippen molar-refractivity contribution in [3.63, 3.8) is 0 Å². The van der Waals surface area contributed by atoms with Crippen LogP contribution in [-0.4, -0.2) is 70.7 Å². The van der Waals surface area contributed by atoms with Crippen LogP contribution in [0.3, 0.4) is 0 Å². The van der Waals surface area contributed by atoms with Gasteiger partial charge in [0.05, 0.1) is 6.61 Å². The summed E-state index contributed by atoms with van der Waals surface area (Å²) in [5.74, 6) is 1.54. The normalized spacial score (nSPS) is 18.4. The molecule has 0 amide bonds. The number of fused-ring (bicyclic) bond motifs is 1. The lowest BCUT2D eigenvalue weighted by atomic mass is 10.1. The summed E-state index contributed by atoms with van der Waals surface area (Å²) in [5.41, 5.74) is 0.528. The predicted octanol–water partition coefficient (Wildman–Crippen LogP) is 2.41. The molecule has 0 aromatic heterocycles. The van der Waals surface area contributed by atoms with E-state index in [9.17, 15) is 8.78 Å². The van der Waals surface area contributed by atoms with Gasteiger partial charge in [0, 0.05) is 51.5 Å². The van der Waals surface area contributed by atoms with Crippen molar-refractivity contribution in [2.75, 3.05) is 47.2 Å². The van der Waals surface area contributed by atoms with Gasteiger partial charge in [-0.2, -0.15) is 8.78 Å². The number of hydrogen-bond acceptors (Lipinski definition) is 6. The SMILES string of the molecule is CN=C(NCc1cc2c(cc1OC(F)F)OCO2)NCC1CCCN1CCOC.I. The molecule has 2 aliphatic rings. The molecular formula is C19H29F2IN4O4. The molecule has 2 aliphatic heterocycles. The molecule has 1 aromatic rings. The minimum atomic E-state index is -2.92. The van der Waals surface area contributed by atoms with Gasteiger partial charge < -0.3 is 29.6 Å². The number of guanidine groups is 1. The van der Waals surface area contributed by atoms with Crippen molar-refractivity contribution in [2.45, 2.75) is 32.0 Å². The van der Waals surface area contributed by atoms with Crippen molar-refractivity contribution in [3.05, 3.63) is 17.7 Å². The van der Waals surface area contributed by atoms with Crippen molar-refractivity contribution in [2.24, 2.45) is 4.99 Å². The van der Waals surface area contributed by atoms with E-state index in [1.807, 2.05) is 0 Å². The first kappa shape index (κ1) is 24.7. The second-order valence-electron chi connectivity index (χ2n) is 6.82. The highest BCUT2D eigenvalue weighted by Crippen LogP contribution is 2.38. The Morgan fingerprint density at radius 3 is 2.77 bits per heavy atom. The molecule has 30 heavy (non-hydrogen) atoms. The zero-order valence-electron chi connectivity index (χ0n) is 17.2. The molecule has 1 unspecified atom stereocenters. The molecule has 0 aliphatic carbocycles. The number of nitrogens with one attached hydrogen (secondary N) is 2. The molecular weight excluding hydrogens is 513 g/mol. The number of methoxy groups -OCH3 is 1. The highest BCUT2D eigenvalue weighted by molar-refractivity contribution is 14.0. The lowest BCUT2D eigenvalue weighted by Crippen LogP contribution is -2.45. The van der Waals surface area contributed by atoms with Crippen LogP contribution < -0.4 is 24.8 Å². The Labute approximate surface area is 192 Å². The summed E-state index contributed by atoms with van der Waals surface area (Å²) in [6.45, 7) is 0.798. The number of hydrogen-bond donors (Lipinski definition) is 2. The van der Waals surface area contributed by atoms with Crippen LogP contribution in [0, 0.1) is 0 Å². The third-order valence-corrected chi connectivity index (χ3v) is 5.03. The number of rotatable bonds is 9. The number of alkyl halides is 2. The van der Waals surface area contributed by atoms with Crippen LogP contribution in [0.5, 0.6) is 17.2 Å². The van der Waals surface area contributed by atoms with Crippen LogP contribution in [0.1, 0.15) is 18.4 Å². The highest BCUT2D eigenvalue weighted by Gasteiger charge is 2.24. The van der Waals surface area contributed by atoms with Gasteiger partial charge in [0.25, 0.3) is 0 Å². The second-order valence-corrected chi connectivity index (χ2v) is 6.82. The molecule has 0 spiro atoms. The quantitative estimate of drug-likeness (QED) is 0.282. The minimum Gasteiger partial charge on any atom is -0.454 e. The van der Waals surface area contributed by atoms with E-state index in [2.05, 4.69) is 25.3 Å². The Bertz CT molecular complexity index is 711. The first-order chi connectivity index (χ1) is 14.1. The predicted molar refractivity (Wildman–Crippen MR) is 119 cm³/mol. The van der Waals surface area contributed by atoms with Gasteiger partial charge in [-0.25, -0.2) is 0 Å². The van der Waals surface area contributed by atoms with Gasteiger partial charge in [0.1, 0.15) is 5.75 Å².